The summed E-state index contributed by atoms with van der Waals surface area (Å²) in [6.07, 6.45) is 2.37. The number of imide groups is 2. The summed E-state index contributed by atoms with van der Waals surface area (Å²) in [7, 11) is 1.54. The first-order chi connectivity index (χ1) is 24.5. The molecule has 9 nitrogen and oxygen atoms in total. The van der Waals surface area contributed by atoms with Gasteiger partial charge >= 0.3 is 0 Å². The minimum absolute atomic E-state index is 0.0310. The number of rotatable bonds is 6. The van der Waals surface area contributed by atoms with Crippen molar-refractivity contribution in [3.63, 3.8) is 0 Å². The van der Waals surface area contributed by atoms with Crippen LogP contribution in [0.15, 0.2) is 103 Å². The molecule has 6 atom stereocenters. The smallest absolute Gasteiger partial charge is 0.260 e. The molecular weight excluding hydrogens is 713 g/mol. The number of nitrogens with one attached hydrogen (secondary N) is 1. The highest BCUT2D eigenvalue weighted by Gasteiger charge is 2.70. The number of hydrogen-bond acceptors (Lipinski definition) is 7. The van der Waals surface area contributed by atoms with Crippen LogP contribution in [0.1, 0.15) is 29.9 Å². The predicted octanol–water partition coefficient (Wildman–Crippen LogP) is 7.55. The van der Waals surface area contributed by atoms with Crippen molar-refractivity contribution in [1.29, 1.82) is 0 Å². The van der Waals surface area contributed by atoms with Crippen LogP contribution in [0.2, 0.25) is 15.1 Å². The monoisotopic (exact) mass is 741 g/mol. The molecule has 0 unspecified atom stereocenters. The van der Waals surface area contributed by atoms with Gasteiger partial charge in [-0.25, -0.2) is 0 Å². The lowest BCUT2D eigenvalue weighted by atomic mass is 9.49. The van der Waals surface area contributed by atoms with E-state index in [9.17, 15) is 19.5 Å². The number of fused-ring (bicyclic) bond motifs is 4. The minimum Gasteiger partial charge on any atom is -0.508 e. The van der Waals surface area contributed by atoms with Crippen LogP contribution in [-0.2, 0) is 24.6 Å². The lowest BCUT2D eigenvalue weighted by Crippen LogP contribution is -2.53. The van der Waals surface area contributed by atoms with Gasteiger partial charge < -0.3 is 9.84 Å². The van der Waals surface area contributed by atoms with Crippen molar-refractivity contribution < 1.29 is 29.0 Å². The first-order valence-electron chi connectivity index (χ1n) is 16.4. The quantitative estimate of drug-likeness (QED) is 0.155. The number of phenols is 1. The van der Waals surface area contributed by atoms with Crippen molar-refractivity contribution in [1.82, 2.24) is 5.01 Å². The van der Waals surface area contributed by atoms with E-state index in [0.29, 0.717) is 38.3 Å². The van der Waals surface area contributed by atoms with E-state index in [-0.39, 0.29) is 35.4 Å². The largest absolute Gasteiger partial charge is 0.508 e. The van der Waals surface area contributed by atoms with E-state index in [2.05, 4.69) is 5.43 Å². The number of phenolic OH excluding ortho intramolecular Hbond substituents is 1. The van der Waals surface area contributed by atoms with Gasteiger partial charge in [0, 0.05) is 16.0 Å². The van der Waals surface area contributed by atoms with Gasteiger partial charge in [-0.2, -0.15) is 5.01 Å². The third-order valence-corrected chi connectivity index (χ3v) is 11.7. The zero-order valence-corrected chi connectivity index (χ0v) is 29.3. The van der Waals surface area contributed by atoms with Gasteiger partial charge in [-0.05, 0) is 96.6 Å². The second kappa shape index (κ2) is 12.4. The van der Waals surface area contributed by atoms with E-state index in [4.69, 9.17) is 39.5 Å². The van der Waals surface area contributed by atoms with Gasteiger partial charge in [-0.1, -0.05) is 70.7 Å². The number of carbonyl (C=O) groups excluding carboxylic acids is 4. The van der Waals surface area contributed by atoms with E-state index in [0.717, 1.165) is 10.6 Å². The Hall–Kier alpha value is -4.83. The SMILES string of the molecule is COc1ccc([C@@]23C(=O)N(Nc4ccc(Cl)cc4Cl)C(=O)[C@@H]2C[C@@H]2C(=CC[C@@H]4C(=O)N(c5ccc(Cl)cc5)C(=O)[C@@H]42)[C@@H]3c2ccc(O)cc2)cc1. The molecule has 51 heavy (non-hydrogen) atoms. The van der Waals surface area contributed by atoms with Crippen molar-refractivity contribution in [3.8, 4) is 11.5 Å². The van der Waals surface area contributed by atoms with E-state index in [1.165, 1.54) is 11.0 Å². The summed E-state index contributed by atoms with van der Waals surface area (Å²) >= 11 is 18.8. The van der Waals surface area contributed by atoms with Gasteiger partial charge in [-0.3, -0.25) is 29.5 Å². The second-order valence-electron chi connectivity index (χ2n) is 13.3. The van der Waals surface area contributed by atoms with Crippen LogP contribution < -0.4 is 15.1 Å². The average Bonchev–Trinajstić information content (AvgIpc) is 3.51. The number of methoxy groups -OCH3 is 1. The first-order valence-corrected chi connectivity index (χ1v) is 17.5. The molecule has 258 valence electrons. The normalized spacial score (nSPS) is 26.8. The number of aromatic hydroxyl groups is 1. The molecular formula is C39H30Cl3N3O6. The second-order valence-corrected chi connectivity index (χ2v) is 14.6. The average molecular weight is 743 g/mol. The number of halogens is 3. The standard InChI is InChI=1S/C39H30Cl3N3O6/c1-51-26-13-4-21(5-14-26)39-30(36(48)45(38(39)50)43-32-17-8-23(41)18-31(32)42)19-29-27(34(39)20-2-11-25(46)12-3-20)15-16-28-33(29)37(49)44(35(28)47)24-9-6-22(40)7-10-24/h2-15,17-18,28-30,33-34,43,46H,16,19H2,1H3/t28-,29+,30-,33-,34-,39+/m0/s1. The van der Waals surface area contributed by atoms with Gasteiger partial charge in [0.05, 0.1) is 46.7 Å². The Kier molecular flexibility index (Phi) is 8.13. The van der Waals surface area contributed by atoms with E-state index >= 15 is 4.79 Å². The van der Waals surface area contributed by atoms with Crippen molar-refractivity contribution in [2.45, 2.75) is 24.2 Å². The van der Waals surface area contributed by atoms with Crippen LogP contribution in [0.25, 0.3) is 0 Å². The summed E-state index contributed by atoms with van der Waals surface area (Å²) in [6, 6.07) is 24.9. The molecule has 0 bridgehead atoms. The Morgan fingerprint density at radius 2 is 1.49 bits per heavy atom. The van der Waals surface area contributed by atoms with Gasteiger partial charge in [0.15, 0.2) is 0 Å². The lowest BCUT2D eigenvalue weighted by molar-refractivity contribution is -0.138. The zero-order valence-electron chi connectivity index (χ0n) is 27.1. The van der Waals surface area contributed by atoms with Gasteiger partial charge in [-0.15, -0.1) is 0 Å². The Bertz CT molecular complexity index is 2140. The molecule has 3 fully saturated rings. The van der Waals surface area contributed by atoms with Crippen LogP contribution in [0.3, 0.4) is 0 Å². The van der Waals surface area contributed by atoms with Crippen molar-refractivity contribution in [2.75, 3.05) is 17.4 Å². The van der Waals surface area contributed by atoms with Crippen molar-refractivity contribution >= 4 is 69.8 Å². The maximum atomic E-state index is 15.3. The number of nitrogens with zero attached hydrogens (tertiary/aromatic N) is 2. The van der Waals surface area contributed by atoms with E-state index < -0.39 is 46.8 Å². The van der Waals surface area contributed by atoms with Crippen LogP contribution in [-0.4, -0.2) is 40.9 Å². The Balaban J connectivity index is 1.32. The Labute approximate surface area is 308 Å². The first kappa shape index (κ1) is 33.3. The molecule has 4 aromatic rings. The van der Waals surface area contributed by atoms with Crippen LogP contribution in [0.5, 0.6) is 11.5 Å². The molecule has 0 aromatic heterocycles. The Morgan fingerprint density at radius 3 is 2.16 bits per heavy atom. The van der Waals surface area contributed by atoms with Crippen LogP contribution in [0, 0.1) is 23.7 Å². The molecule has 2 heterocycles. The molecule has 12 heteroatoms. The maximum Gasteiger partial charge on any atom is 0.260 e. The number of benzene rings is 4. The van der Waals surface area contributed by atoms with E-state index in [1.54, 1.807) is 92.0 Å². The molecule has 2 saturated heterocycles. The van der Waals surface area contributed by atoms with Crippen molar-refractivity contribution in [2.24, 2.45) is 23.7 Å². The molecule has 4 aliphatic rings. The fourth-order valence-corrected chi connectivity index (χ4v) is 9.31. The summed E-state index contributed by atoms with van der Waals surface area (Å²) in [5.74, 6) is -4.78. The number of amides is 4. The fraction of sp³-hybridized carbons (Fsp3) is 0.231. The molecule has 0 spiro atoms. The molecule has 0 radical (unpaired) electrons. The highest BCUT2D eigenvalue weighted by atomic mass is 35.5. The fourth-order valence-electron chi connectivity index (χ4n) is 8.73. The molecule has 2 aliphatic heterocycles. The summed E-state index contributed by atoms with van der Waals surface area (Å²) < 4.78 is 5.45. The highest BCUT2D eigenvalue weighted by Crippen LogP contribution is 2.64. The number of carbonyl (C=O) groups is 4. The Morgan fingerprint density at radius 1 is 0.804 bits per heavy atom. The van der Waals surface area contributed by atoms with Crippen LogP contribution in [0.4, 0.5) is 11.4 Å². The molecule has 8 rings (SSSR count). The number of hydrazine groups is 1. The summed E-state index contributed by atoms with van der Waals surface area (Å²) in [6.45, 7) is 0. The molecule has 4 amide bonds. The number of anilines is 2. The maximum absolute atomic E-state index is 15.3. The summed E-state index contributed by atoms with van der Waals surface area (Å²) in [5.41, 5.74) is 4.26. The topological polar surface area (TPSA) is 116 Å². The van der Waals surface area contributed by atoms with Crippen molar-refractivity contribution in [3.05, 3.63) is 129 Å². The number of ether oxygens (including phenoxy) is 1. The number of allylic oxidation sites excluding steroid dienone is 2. The molecule has 2 N–H and O–H groups in total. The van der Waals surface area contributed by atoms with E-state index in [1.807, 2.05) is 6.08 Å². The molecule has 2 aliphatic carbocycles. The summed E-state index contributed by atoms with van der Waals surface area (Å²) in [5, 5.41) is 12.4. The molecule has 1 saturated carbocycles. The van der Waals surface area contributed by atoms with Gasteiger partial charge in [0.2, 0.25) is 11.8 Å². The third-order valence-electron chi connectivity index (χ3n) is 10.9. The van der Waals surface area contributed by atoms with Gasteiger partial charge in [0.1, 0.15) is 11.5 Å². The summed E-state index contributed by atoms with van der Waals surface area (Å²) in [4.78, 5) is 59.6. The van der Waals surface area contributed by atoms with Crippen LogP contribution >= 0.6 is 34.8 Å². The highest BCUT2D eigenvalue weighted by molar-refractivity contribution is 6.36. The third kappa shape index (κ3) is 5.05. The number of hydrogen-bond donors (Lipinski definition) is 2. The molecule has 4 aromatic carbocycles. The lowest BCUT2D eigenvalue weighted by Gasteiger charge is -2.50. The predicted molar refractivity (Wildman–Crippen MR) is 193 cm³/mol. The minimum atomic E-state index is -1.50. The van der Waals surface area contributed by atoms with Gasteiger partial charge in [0.25, 0.3) is 11.8 Å². The zero-order chi connectivity index (χ0) is 35.8.